The monoisotopic (exact) mass is 269 g/mol. The van der Waals surface area contributed by atoms with Gasteiger partial charge in [0.1, 0.15) is 5.75 Å². The van der Waals surface area contributed by atoms with Crippen LogP contribution in [0.15, 0.2) is 54.6 Å². The molecule has 0 spiro atoms. The quantitative estimate of drug-likeness (QED) is 0.834. The summed E-state index contributed by atoms with van der Waals surface area (Å²) in [5, 5.41) is 3.69. The van der Waals surface area contributed by atoms with Crippen LogP contribution in [0.2, 0.25) is 0 Å². The molecular formula is C18H23NO. The van der Waals surface area contributed by atoms with E-state index >= 15 is 0 Å². The zero-order chi connectivity index (χ0) is 14.4. The predicted molar refractivity (Wildman–Crippen MR) is 84.0 cm³/mol. The highest BCUT2D eigenvalue weighted by Gasteiger charge is 2.16. The van der Waals surface area contributed by atoms with E-state index < -0.39 is 0 Å². The second-order valence-corrected chi connectivity index (χ2v) is 5.00. The Morgan fingerprint density at radius 3 is 2.30 bits per heavy atom. The van der Waals surface area contributed by atoms with E-state index in [0.29, 0.717) is 6.04 Å². The number of hydrogen-bond acceptors (Lipinski definition) is 2. The molecule has 1 N–H and O–H groups in total. The summed E-state index contributed by atoms with van der Waals surface area (Å²) in [6.07, 6.45) is 1.06. The molecular weight excluding hydrogens is 246 g/mol. The van der Waals surface area contributed by atoms with E-state index in [-0.39, 0.29) is 6.04 Å². The number of para-hydroxylation sites is 1. The molecule has 0 heterocycles. The van der Waals surface area contributed by atoms with E-state index in [4.69, 9.17) is 4.74 Å². The number of hydrogen-bond donors (Lipinski definition) is 1. The summed E-state index contributed by atoms with van der Waals surface area (Å²) < 4.78 is 5.45. The van der Waals surface area contributed by atoms with Crippen LogP contribution in [-0.2, 0) is 0 Å². The average molecular weight is 269 g/mol. The van der Waals surface area contributed by atoms with Crippen molar-refractivity contribution >= 4 is 0 Å². The van der Waals surface area contributed by atoms with Gasteiger partial charge in [-0.2, -0.15) is 0 Å². The number of ether oxygens (including phenoxy) is 1. The molecule has 106 valence electrons. The maximum absolute atomic E-state index is 5.45. The van der Waals surface area contributed by atoms with Crippen molar-refractivity contribution in [1.29, 1.82) is 0 Å². The Morgan fingerprint density at radius 1 is 1.00 bits per heavy atom. The second-order valence-electron chi connectivity index (χ2n) is 5.00. The van der Waals surface area contributed by atoms with Crippen LogP contribution in [0.25, 0.3) is 0 Å². The average Bonchev–Trinajstić information content (AvgIpc) is 2.53. The van der Waals surface area contributed by atoms with E-state index in [2.05, 4.69) is 61.6 Å². The Balaban J connectivity index is 2.15. The van der Waals surface area contributed by atoms with Crippen molar-refractivity contribution in [3.8, 4) is 5.75 Å². The molecule has 1 unspecified atom stereocenters. The second kappa shape index (κ2) is 7.11. The van der Waals surface area contributed by atoms with Gasteiger partial charge in [0, 0.05) is 17.6 Å². The number of nitrogens with one attached hydrogen (secondary N) is 1. The van der Waals surface area contributed by atoms with Gasteiger partial charge in [0.15, 0.2) is 0 Å². The minimum atomic E-state index is 0.247. The Kier molecular flexibility index (Phi) is 5.19. The van der Waals surface area contributed by atoms with Gasteiger partial charge in [0.05, 0.1) is 7.11 Å². The van der Waals surface area contributed by atoms with E-state index in [1.807, 2.05) is 12.1 Å². The molecule has 2 aromatic rings. The molecule has 0 aliphatic carbocycles. The van der Waals surface area contributed by atoms with Gasteiger partial charge in [0.2, 0.25) is 0 Å². The van der Waals surface area contributed by atoms with E-state index in [0.717, 1.165) is 12.2 Å². The first kappa shape index (κ1) is 14.6. The van der Waals surface area contributed by atoms with Gasteiger partial charge in [-0.3, -0.25) is 0 Å². The predicted octanol–water partition coefficient (Wildman–Crippen LogP) is 4.50. The van der Waals surface area contributed by atoms with Gasteiger partial charge in [-0.15, -0.1) is 0 Å². The highest BCUT2D eigenvalue weighted by Crippen LogP contribution is 2.27. The minimum Gasteiger partial charge on any atom is -0.496 e. The molecule has 0 aromatic heterocycles. The Labute approximate surface area is 121 Å². The number of rotatable bonds is 6. The smallest absolute Gasteiger partial charge is 0.123 e. The van der Waals surface area contributed by atoms with Crippen molar-refractivity contribution < 1.29 is 4.74 Å². The lowest BCUT2D eigenvalue weighted by Crippen LogP contribution is -2.24. The van der Waals surface area contributed by atoms with Gasteiger partial charge in [-0.05, 0) is 25.0 Å². The third kappa shape index (κ3) is 3.40. The van der Waals surface area contributed by atoms with Crippen molar-refractivity contribution in [3.05, 3.63) is 65.7 Å². The van der Waals surface area contributed by atoms with Crippen LogP contribution in [0.4, 0.5) is 0 Å². The first-order valence-corrected chi connectivity index (χ1v) is 7.20. The first-order valence-electron chi connectivity index (χ1n) is 7.20. The highest BCUT2D eigenvalue weighted by molar-refractivity contribution is 5.35. The summed E-state index contributed by atoms with van der Waals surface area (Å²) >= 11 is 0. The number of methoxy groups -OCH3 is 1. The van der Waals surface area contributed by atoms with Crippen LogP contribution in [-0.4, -0.2) is 7.11 Å². The van der Waals surface area contributed by atoms with Gasteiger partial charge in [-0.1, -0.05) is 55.5 Å². The molecule has 0 radical (unpaired) electrons. The van der Waals surface area contributed by atoms with Gasteiger partial charge < -0.3 is 10.1 Å². The fourth-order valence-corrected chi connectivity index (χ4v) is 2.55. The standard InChI is InChI=1S/C18H23NO/c1-4-17(15-10-6-5-7-11-15)19-14(2)16-12-8-9-13-18(16)20-3/h5-14,17,19H,4H2,1-3H3/t14-,17?/m1/s1. The summed E-state index contributed by atoms with van der Waals surface area (Å²) in [5.41, 5.74) is 2.53. The molecule has 2 atom stereocenters. The molecule has 0 saturated heterocycles. The van der Waals surface area contributed by atoms with E-state index in [9.17, 15) is 0 Å². The first-order chi connectivity index (χ1) is 9.76. The fourth-order valence-electron chi connectivity index (χ4n) is 2.55. The molecule has 0 saturated carbocycles. The van der Waals surface area contributed by atoms with Gasteiger partial charge in [-0.25, -0.2) is 0 Å². The lowest BCUT2D eigenvalue weighted by molar-refractivity contribution is 0.392. The Bertz CT molecular complexity index is 524. The van der Waals surface area contributed by atoms with Crippen LogP contribution in [0.1, 0.15) is 43.5 Å². The normalized spacial score (nSPS) is 13.8. The molecule has 0 fully saturated rings. The van der Waals surface area contributed by atoms with Crippen LogP contribution in [0, 0.1) is 0 Å². The summed E-state index contributed by atoms with van der Waals surface area (Å²) in [6.45, 7) is 4.39. The van der Waals surface area contributed by atoms with Crippen LogP contribution in [0.5, 0.6) is 5.75 Å². The lowest BCUT2D eigenvalue weighted by atomic mass is 10.0. The van der Waals surface area contributed by atoms with Crippen LogP contribution in [0.3, 0.4) is 0 Å². The molecule has 2 nitrogen and oxygen atoms in total. The molecule has 20 heavy (non-hydrogen) atoms. The number of benzene rings is 2. The molecule has 2 rings (SSSR count). The van der Waals surface area contributed by atoms with E-state index in [1.165, 1.54) is 11.1 Å². The Hall–Kier alpha value is -1.80. The van der Waals surface area contributed by atoms with Gasteiger partial charge in [0.25, 0.3) is 0 Å². The van der Waals surface area contributed by atoms with Gasteiger partial charge >= 0.3 is 0 Å². The third-order valence-electron chi connectivity index (χ3n) is 3.67. The lowest BCUT2D eigenvalue weighted by Gasteiger charge is -2.24. The SMILES string of the molecule is CCC(N[C@H](C)c1ccccc1OC)c1ccccc1. The molecule has 0 aliphatic heterocycles. The van der Waals surface area contributed by atoms with E-state index in [1.54, 1.807) is 7.11 Å². The molecule has 0 bridgehead atoms. The topological polar surface area (TPSA) is 21.3 Å². The Morgan fingerprint density at radius 2 is 1.65 bits per heavy atom. The van der Waals surface area contributed by atoms with Crippen molar-refractivity contribution in [3.63, 3.8) is 0 Å². The summed E-state index contributed by atoms with van der Waals surface area (Å²) in [6, 6.07) is 19.4. The van der Waals surface area contributed by atoms with Crippen molar-refractivity contribution in [2.75, 3.05) is 7.11 Å². The maximum Gasteiger partial charge on any atom is 0.123 e. The van der Waals surface area contributed by atoms with Crippen molar-refractivity contribution in [2.45, 2.75) is 32.4 Å². The maximum atomic E-state index is 5.45. The summed E-state index contributed by atoms with van der Waals surface area (Å²) in [4.78, 5) is 0. The van der Waals surface area contributed by atoms with Crippen molar-refractivity contribution in [1.82, 2.24) is 5.32 Å². The molecule has 2 aromatic carbocycles. The van der Waals surface area contributed by atoms with Crippen molar-refractivity contribution in [2.24, 2.45) is 0 Å². The van der Waals surface area contributed by atoms with Crippen LogP contribution < -0.4 is 10.1 Å². The zero-order valence-corrected chi connectivity index (χ0v) is 12.5. The molecule has 0 aliphatic rings. The largest absolute Gasteiger partial charge is 0.496 e. The molecule has 0 amide bonds. The zero-order valence-electron chi connectivity index (χ0n) is 12.5. The summed E-state index contributed by atoms with van der Waals surface area (Å²) in [7, 11) is 1.72. The van der Waals surface area contributed by atoms with Crippen LogP contribution >= 0.6 is 0 Å². The highest BCUT2D eigenvalue weighted by atomic mass is 16.5. The molecule has 2 heteroatoms. The minimum absolute atomic E-state index is 0.247. The third-order valence-corrected chi connectivity index (χ3v) is 3.67. The fraction of sp³-hybridized carbons (Fsp3) is 0.333. The summed E-state index contributed by atoms with van der Waals surface area (Å²) in [5.74, 6) is 0.940.